The average molecular weight is 579 g/mol. The number of carbonyl (C=O) groups is 2. The number of aromatic amines is 1. The maximum absolute atomic E-state index is 13.1. The second kappa shape index (κ2) is 12.2. The normalized spacial score (nSPS) is 12.9. The van der Waals surface area contributed by atoms with Gasteiger partial charge >= 0.3 is 29.6 Å². The van der Waals surface area contributed by atoms with E-state index in [1.807, 2.05) is 65.1 Å². The van der Waals surface area contributed by atoms with Gasteiger partial charge in [0, 0.05) is 59.4 Å². The van der Waals surface area contributed by atoms with E-state index in [9.17, 15) is 9.59 Å². The van der Waals surface area contributed by atoms with Gasteiger partial charge in [0.25, 0.3) is 11.8 Å². The number of benzene rings is 2. The number of H-pyrrole nitrogens is 1. The van der Waals surface area contributed by atoms with Crippen LogP contribution in [0.25, 0.3) is 33.0 Å². The van der Waals surface area contributed by atoms with E-state index in [0.29, 0.717) is 34.9 Å². The van der Waals surface area contributed by atoms with Crippen LogP contribution < -0.4 is 34.9 Å². The number of halogens is 1. The Labute approximate surface area is 262 Å². The molecule has 12 nitrogen and oxygen atoms in total. The van der Waals surface area contributed by atoms with E-state index in [1.54, 1.807) is 29.3 Å². The van der Waals surface area contributed by atoms with Gasteiger partial charge < -0.3 is 5.99 Å². The molecule has 6 aromatic rings. The van der Waals surface area contributed by atoms with Crippen LogP contribution in [0.5, 0.6) is 0 Å². The number of imide groups is 1. The molecule has 7 rings (SSSR count). The second-order valence-electron chi connectivity index (χ2n) is 9.11. The molecular weight excluding hydrogens is 555 g/mol. The Morgan fingerprint density at radius 1 is 0.927 bits per heavy atom. The van der Waals surface area contributed by atoms with Gasteiger partial charge in [0.15, 0.2) is 0 Å². The maximum Gasteiger partial charge on any atom is 1.00 e. The molecular formula is C27H24ClN10NaO2. The molecule has 2 aromatic carbocycles. The molecule has 1 aliphatic heterocycles. The molecule has 0 atom stereocenters. The molecule has 41 heavy (non-hydrogen) atoms. The van der Waals surface area contributed by atoms with E-state index in [2.05, 4.69) is 31.0 Å². The van der Waals surface area contributed by atoms with E-state index in [4.69, 9.17) is 16.7 Å². The van der Waals surface area contributed by atoms with Gasteiger partial charge in [-0.15, -0.1) is 5.10 Å². The van der Waals surface area contributed by atoms with Crippen LogP contribution in [-0.4, -0.2) is 56.6 Å². The minimum absolute atomic E-state index is 0. The summed E-state index contributed by atoms with van der Waals surface area (Å²) in [5.41, 5.74) is 3.51. The van der Waals surface area contributed by atoms with E-state index in [0.717, 1.165) is 28.2 Å². The van der Waals surface area contributed by atoms with Crippen LogP contribution in [0.15, 0.2) is 73.4 Å². The molecule has 0 fully saturated rings. The molecule has 0 bridgehead atoms. The number of rotatable bonds is 6. The van der Waals surface area contributed by atoms with Crippen molar-refractivity contribution in [1.82, 2.24) is 50.1 Å². The van der Waals surface area contributed by atoms with E-state index in [1.165, 1.54) is 0 Å². The molecule has 0 spiro atoms. The second-order valence-corrected chi connectivity index (χ2v) is 9.55. The fourth-order valence-corrected chi connectivity index (χ4v) is 5.06. The van der Waals surface area contributed by atoms with Crippen molar-refractivity contribution in [2.45, 2.75) is 19.5 Å². The minimum atomic E-state index is -0.456. The molecule has 1 aliphatic rings. The summed E-state index contributed by atoms with van der Waals surface area (Å²) in [7, 11) is 1.90. The number of hydrogen-bond acceptors (Lipinski definition) is 7. The first-order chi connectivity index (χ1) is 19.5. The Morgan fingerprint density at radius 2 is 1.71 bits per heavy atom. The van der Waals surface area contributed by atoms with Crippen LogP contribution in [-0.2, 0) is 29.7 Å². The number of carbonyl (C=O) groups excluding carboxylic acids is 2. The summed E-state index contributed by atoms with van der Waals surface area (Å²) < 4.78 is 5.56. The number of fused-ring (bicyclic) bond motifs is 2. The van der Waals surface area contributed by atoms with Crippen molar-refractivity contribution in [2.75, 3.05) is 0 Å². The number of amides is 2. The third kappa shape index (κ3) is 5.59. The molecule has 0 saturated carbocycles. The van der Waals surface area contributed by atoms with Crippen molar-refractivity contribution in [2.24, 2.45) is 7.05 Å². The number of para-hydroxylation sites is 1. The first kappa shape index (κ1) is 28.4. The zero-order valence-corrected chi connectivity index (χ0v) is 25.1. The summed E-state index contributed by atoms with van der Waals surface area (Å²) in [6.07, 6.45) is 9.25. The summed E-state index contributed by atoms with van der Waals surface area (Å²) in [5, 5.41) is 26.6. The van der Waals surface area contributed by atoms with E-state index in [-0.39, 0.29) is 36.6 Å². The van der Waals surface area contributed by atoms with Crippen LogP contribution in [0.2, 0.25) is 5.02 Å². The largest absolute Gasteiger partial charge is 1.00 e. The third-order valence-corrected chi connectivity index (χ3v) is 6.84. The predicted octanol–water partition coefficient (Wildman–Crippen LogP) is 0.352. The Morgan fingerprint density at radius 3 is 2.44 bits per heavy atom. The number of aromatic nitrogens is 9. The Balaban J connectivity index is 0.000000526. The topological polar surface area (TPSA) is 141 Å². The zero-order chi connectivity index (χ0) is 27.6. The summed E-state index contributed by atoms with van der Waals surface area (Å²) in [5.74, 6) is -0.899. The fourth-order valence-electron chi connectivity index (χ4n) is 4.89. The van der Waals surface area contributed by atoms with Gasteiger partial charge in [-0.2, -0.15) is 20.5 Å². The van der Waals surface area contributed by atoms with Gasteiger partial charge in [-0.3, -0.25) is 24.3 Å². The van der Waals surface area contributed by atoms with Crippen molar-refractivity contribution < 1.29 is 40.6 Å². The van der Waals surface area contributed by atoms with Gasteiger partial charge in [-0.1, -0.05) is 35.0 Å². The number of nitrogens with zero attached hydrogens (tertiary/aromatic N) is 8. The molecule has 2 N–H and O–H groups in total. The molecule has 4 aromatic heterocycles. The van der Waals surface area contributed by atoms with Gasteiger partial charge in [-0.25, -0.2) is 0 Å². The van der Waals surface area contributed by atoms with E-state index >= 15 is 0 Å². The molecule has 202 valence electrons. The van der Waals surface area contributed by atoms with Crippen LogP contribution >= 0.6 is 11.6 Å². The van der Waals surface area contributed by atoms with Crippen molar-refractivity contribution in [3.8, 4) is 0 Å². The molecule has 0 aliphatic carbocycles. The number of hydrogen-bond donors (Lipinski definition) is 2. The van der Waals surface area contributed by atoms with Crippen molar-refractivity contribution >= 4 is 56.4 Å². The van der Waals surface area contributed by atoms with Crippen LogP contribution in [0.4, 0.5) is 0 Å². The maximum atomic E-state index is 13.1. The predicted molar refractivity (Wildman–Crippen MR) is 150 cm³/mol. The summed E-state index contributed by atoms with van der Waals surface area (Å²) in [6.45, 7) is 1.30. The van der Waals surface area contributed by atoms with Crippen LogP contribution in [0.1, 0.15) is 19.1 Å². The Bertz CT molecular complexity index is 1860. The summed E-state index contributed by atoms with van der Waals surface area (Å²) in [6, 6.07) is 13.2. The first-order valence-electron chi connectivity index (χ1n) is 12.5. The monoisotopic (exact) mass is 578 g/mol. The minimum Gasteiger partial charge on any atom is -1.00 e. The van der Waals surface area contributed by atoms with E-state index < -0.39 is 11.8 Å². The zero-order valence-electron chi connectivity index (χ0n) is 23.3. The molecule has 2 amide bonds. The van der Waals surface area contributed by atoms with Gasteiger partial charge in [0.05, 0.1) is 35.3 Å². The quantitative estimate of drug-likeness (QED) is 0.215. The molecule has 5 heterocycles. The first-order valence-corrected chi connectivity index (χ1v) is 12.8. The average Bonchev–Trinajstić information content (AvgIpc) is 3.78. The van der Waals surface area contributed by atoms with Gasteiger partial charge in [-0.05, 0) is 30.7 Å². The van der Waals surface area contributed by atoms with Crippen LogP contribution in [0, 0.1) is 0 Å². The standard InChI is InChI=1S/C25H20ClN7O2.C2H3N3.Na.H/c1-31-14-18(17-13-15(26)7-8-19(17)31)21-22(25(35)28-24(21)34)23-16-5-2-3-6-20(16)33(29-23)11-4-10-32-12-9-27-30-32;1-2-4-5-3-1;;/h2-3,5-9,12-14H,4,10-11H2,1H3,(H,28,34,35);1-2H,(H,3,4,5);;/q;;+1;-1. The van der Waals surface area contributed by atoms with Crippen molar-refractivity contribution in [3.05, 3.63) is 89.7 Å². The number of aryl methyl sites for hydroxylation is 3. The Kier molecular flexibility index (Phi) is 8.45. The van der Waals surface area contributed by atoms with Crippen molar-refractivity contribution in [3.63, 3.8) is 0 Å². The third-order valence-electron chi connectivity index (χ3n) is 6.61. The van der Waals surface area contributed by atoms with Gasteiger partial charge in [0.1, 0.15) is 5.69 Å². The Hall–Kier alpha value is -4.10. The molecule has 0 radical (unpaired) electrons. The van der Waals surface area contributed by atoms with Crippen LogP contribution in [0.3, 0.4) is 0 Å². The molecule has 0 saturated heterocycles. The molecule has 14 heteroatoms. The fraction of sp³-hybridized carbons (Fsp3) is 0.148. The summed E-state index contributed by atoms with van der Waals surface area (Å²) >= 11 is 6.27. The number of nitrogens with one attached hydrogen (secondary N) is 2. The summed E-state index contributed by atoms with van der Waals surface area (Å²) in [4.78, 5) is 26.2. The molecule has 0 unspecified atom stereocenters. The van der Waals surface area contributed by atoms with Gasteiger partial charge in [0.2, 0.25) is 0 Å². The SMILES string of the molecule is Cn1cc(C2=C(c3nn(CCCn4ccnn4)c4ccccc34)C(=O)NC2=O)c2cc(Cl)ccc21.[H-].[Na+].c1cn[nH]n1. The smallest absolute Gasteiger partial charge is 1.00 e. The van der Waals surface area contributed by atoms with Crippen molar-refractivity contribution in [1.29, 1.82) is 0 Å².